The van der Waals surface area contributed by atoms with E-state index in [1.165, 1.54) is 6.33 Å². The molecule has 0 atom stereocenters. The van der Waals surface area contributed by atoms with E-state index in [0.717, 1.165) is 12.1 Å². The van der Waals surface area contributed by atoms with Crippen molar-refractivity contribution in [3.05, 3.63) is 18.1 Å². The molecule has 1 heterocycles. The van der Waals surface area contributed by atoms with Gasteiger partial charge in [-0.05, 0) is 6.42 Å². The fraction of sp³-hybridized carbons (Fsp3) is 0.375. The molecule has 5 heteroatoms. The summed E-state index contributed by atoms with van der Waals surface area (Å²) in [7, 11) is 0. The number of hydrogen-bond donors (Lipinski definition) is 2. The first-order valence-electron chi connectivity index (χ1n) is 4.05. The summed E-state index contributed by atoms with van der Waals surface area (Å²) in [6, 6.07) is 1.79. The second kappa shape index (κ2) is 4.39. The summed E-state index contributed by atoms with van der Waals surface area (Å²) >= 11 is 0. The number of amides is 1. The van der Waals surface area contributed by atoms with E-state index in [9.17, 15) is 4.79 Å². The molecule has 0 radical (unpaired) electrons. The Kier molecular flexibility index (Phi) is 3.19. The smallest absolute Gasteiger partial charge is 0.236 e. The van der Waals surface area contributed by atoms with Crippen molar-refractivity contribution in [3.8, 4) is 0 Å². The van der Waals surface area contributed by atoms with Gasteiger partial charge in [0.2, 0.25) is 5.91 Å². The Morgan fingerprint density at radius 3 is 3.00 bits per heavy atom. The number of anilines is 1. The Hall–Kier alpha value is -1.65. The molecular formula is C8H12N4O. The number of nitrogens with one attached hydrogen (secondary N) is 1. The van der Waals surface area contributed by atoms with E-state index in [1.807, 2.05) is 6.92 Å². The van der Waals surface area contributed by atoms with Gasteiger partial charge in [0.25, 0.3) is 0 Å². The van der Waals surface area contributed by atoms with E-state index in [0.29, 0.717) is 5.82 Å². The first-order valence-corrected chi connectivity index (χ1v) is 4.05. The lowest BCUT2D eigenvalue weighted by Crippen LogP contribution is -2.22. The molecule has 0 unspecified atom stereocenters. The van der Waals surface area contributed by atoms with Gasteiger partial charge in [-0.15, -0.1) is 0 Å². The predicted octanol–water partition coefficient (Wildman–Crippen LogP) is -0.0638. The van der Waals surface area contributed by atoms with Crippen LogP contribution < -0.4 is 11.1 Å². The molecule has 0 bridgehead atoms. The number of rotatable bonds is 4. The molecule has 1 amide bonds. The molecule has 0 aliphatic rings. The largest absolute Gasteiger partial charge is 0.368 e. The number of nitrogens with two attached hydrogens (primary N) is 1. The molecule has 5 nitrogen and oxygen atoms in total. The SMILES string of the molecule is CCc1cc(NCC(N)=O)ncn1. The highest BCUT2D eigenvalue weighted by Crippen LogP contribution is 2.03. The third-order valence-corrected chi connectivity index (χ3v) is 1.53. The molecule has 3 N–H and O–H groups in total. The molecule has 0 saturated heterocycles. The summed E-state index contributed by atoms with van der Waals surface area (Å²) in [5.74, 6) is 0.224. The quantitative estimate of drug-likeness (QED) is 0.680. The predicted molar refractivity (Wildman–Crippen MR) is 49.1 cm³/mol. The summed E-state index contributed by atoms with van der Waals surface area (Å²) in [6.45, 7) is 2.10. The Balaban J connectivity index is 2.61. The van der Waals surface area contributed by atoms with E-state index in [-0.39, 0.29) is 6.54 Å². The van der Waals surface area contributed by atoms with Crippen LogP contribution in [0.1, 0.15) is 12.6 Å². The third kappa shape index (κ3) is 3.06. The van der Waals surface area contributed by atoms with Gasteiger partial charge < -0.3 is 11.1 Å². The van der Waals surface area contributed by atoms with Gasteiger partial charge in [-0.25, -0.2) is 9.97 Å². The van der Waals surface area contributed by atoms with E-state index in [4.69, 9.17) is 5.73 Å². The van der Waals surface area contributed by atoms with Gasteiger partial charge in [-0.1, -0.05) is 6.92 Å². The van der Waals surface area contributed by atoms with Gasteiger partial charge in [0, 0.05) is 11.8 Å². The Morgan fingerprint density at radius 1 is 1.62 bits per heavy atom. The van der Waals surface area contributed by atoms with Crippen LogP contribution in [0.25, 0.3) is 0 Å². The van der Waals surface area contributed by atoms with Crippen LogP contribution in [-0.2, 0) is 11.2 Å². The summed E-state index contributed by atoms with van der Waals surface area (Å²) < 4.78 is 0. The molecule has 0 aromatic carbocycles. The molecular weight excluding hydrogens is 168 g/mol. The van der Waals surface area contributed by atoms with Crippen molar-refractivity contribution in [2.24, 2.45) is 5.73 Å². The van der Waals surface area contributed by atoms with Crippen LogP contribution in [0.4, 0.5) is 5.82 Å². The van der Waals surface area contributed by atoms with Crippen molar-refractivity contribution in [3.63, 3.8) is 0 Å². The van der Waals surface area contributed by atoms with Crippen LogP contribution in [0.2, 0.25) is 0 Å². The number of aromatic nitrogens is 2. The Bertz CT molecular complexity index is 300. The van der Waals surface area contributed by atoms with Crippen LogP contribution in [0.5, 0.6) is 0 Å². The lowest BCUT2D eigenvalue weighted by atomic mass is 10.3. The summed E-state index contributed by atoms with van der Waals surface area (Å²) in [5, 5.41) is 2.79. The van der Waals surface area contributed by atoms with Crippen molar-refractivity contribution < 1.29 is 4.79 Å². The molecule has 13 heavy (non-hydrogen) atoms. The fourth-order valence-electron chi connectivity index (χ4n) is 0.865. The van der Waals surface area contributed by atoms with Crippen molar-refractivity contribution in [2.45, 2.75) is 13.3 Å². The highest BCUT2D eigenvalue weighted by molar-refractivity contribution is 5.78. The van der Waals surface area contributed by atoms with Crippen LogP contribution >= 0.6 is 0 Å². The van der Waals surface area contributed by atoms with Crippen LogP contribution in [0.15, 0.2) is 12.4 Å². The minimum Gasteiger partial charge on any atom is -0.368 e. The molecule has 0 fully saturated rings. The molecule has 0 saturated carbocycles. The number of hydrogen-bond acceptors (Lipinski definition) is 4. The Labute approximate surface area is 76.4 Å². The minimum atomic E-state index is -0.406. The average Bonchev–Trinajstić information content (AvgIpc) is 2.15. The van der Waals surface area contributed by atoms with E-state index in [2.05, 4.69) is 15.3 Å². The maximum atomic E-state index is 10.4. The third-order valence-electron chi connectivity index (χ3n) is 1.53. The van der Waals surface area contributed by atoms with Gasteiger partial charge in [0.1, 0.15) is 12.1 Å². The highest BCUT2D eigenvalue weighted by atomic mass is 16.1. The average molecular weight is 180 g/mol. The summed E-state index contributed by atoms with van der Waals surface area (Å²) in [6.07, 6.45) is 2.30. The Morgan fingerprint density at radius 2 is 2.38 bits per heavy atom. The van der Waals surface area contributed by atoms with Crippen molar-refractivity contribution in [1.82, 2.24) is 9.97 Å². The van der Waals surface area contributed by atoms with Gasteiger partial charge in [0.15, 0.2) is 0 Å². The normalized spacial score (nSPS) is 9.62. The highest BCUT2D eigenvalue weighted by Gasteiger charge is 1.97. The molecule has 0 spiro atoms. The lowest BCUT2D eigenvalue weighted by molar-refractivity contribution is -0.116. The zero-order chi connectivity index (χ0) is 9.68. The number of nitrogens with zero attached hydrogens (tertiary/aromatic N) is 2. The van der Waals surface area contributed by atoms with E-state index >= 15 is 0 Å². The topological polar surface area (TPSA) is 80.9 Å². The second-order valence-electron chi connectivity index (χ2n) is 2.57. The number of carbonyl (C=O) groups excluding carboxylic acids is 1. The number of carbonyl (C=O) groups is 1. The zero-order valence-corrected chi connectivity index (χ0v) is 7.45. The molecule has 1 aromatic rings. The minimum absolute atomic E-state index is 0.0974. The zero-order valence-electron chi connectivity index (χ0n) is 7.45. The number of primary amides is 1. The van der Waals surface area contributed by atoms with Crippen LogP contribution in [0, 0.1) is 0 Å². The van der Waals surface area contributed by atoms with Crippen molar-refractivity contribution in [1.29, 1.82) is 0 Å². The van der Waals surface area contributed by atoms with Gasteiger partial charge in [-0.2, -0.15) is 0 Å². The first-order chi connectivity index (χ1) is 6.22. The van der Waals surface area contributed by atoms with Gasteiger partial charge >= 0.3 is 0 Å². The molecule has 0 aliphatic carbocycles. The van der Waals surface area contributed by atoms with Crippen molar-refractivity contribution >= 4 is 11.7 Å². The standard InChI is InChI=1S/C8H12N4O/c1-2-6-3-8(12-5-11-6)10-4-7(9)13/h3,5H,2,4H2,1H3,(H2,9,13)(H,10,11,12). The summed E-state index contributed by atoms with van der Waals surface area (Å²) in [4.78, 5) is 18.4. The maximum absolute atomic E-state index is 10.4. The maximum Gasteiger partial charge on any atom is 0.236 e. The molecule has 1 rings (SSSR count). The monoisotopic (exact) mass is 180 g/mol. The molecule has 1 aromatic heterocycles. The van der Waals surface area contributed by atoms with Gasteiger partial charge in [-0.3, -0.25) is 4.79 Å². The van der Waals surface area contributed by atoms with Crippen LogP contribution in [0.3, 0.4) is 0 Å². The van der Waals surface area contributed by atoms with Crippen molar-refractivity contribution in [2.75, 3.05) is 11.9 Å². The molecule has 0 aliphatic heterocycles. The number of aryl methyl sites for hydroxylation is 1. The van der Waals surface area contributed by atoms with E-state index < -0.39 is 5.91 Å². The van der Waals surface area contributed by atoms with Crippen LogP contribution in [-0.4, -0.2) is 22.4 Å². The second-order valence-corrected chi connectivity index (χ2v) is 2.57. The summed E-state index contributed by atoms with van der Waals surface area (Å²) in [5.41, 5.74) is 5.90. The fourth-order valence-corrected chi connectivity index (χ4v) is 0.865. The van der Waals surface area contributed by atoms with Gasteiger partial charge in [0.05, 0.1) is 6.54 Å². The van der Waals surface area contributed by atoms with E-state index in [1.54, 1.807) is 6.07 Å². The first kappa shape index (κ1) is 9.44. The molecule has 70 valence electrons. The lowest BCUT2D eigenvalue weighted by Gasteiger charge is -2.02.